The molecule has 0 fully saturated rings. The molecule has 0 bridgehead atoms. The molecule has 1 unspecified atom stereocenters. The van der Waals surface area contributed by atoms with E-state index in [1.807, 2.05) is 42.5 Å². The van der Waals surface area contributed by atoms with Crippen LogP contribution in [0.5, 0.6) is 11.5 Å². The fraction of sp³-hybridized carbons (Fsp3) is 0.250. The Hall–Kier alpha value is -1.52. The van der Waals surface area contributed by atoms with Crippen LogP contribution in [-0.2, 0) is 0 Å². The summed E-state index contributed by atoms with van der Waals surface area (Å²) in [6, 6.07) is 13.8. The summed E-state index contributed by atoms with van der Waals surface area (Å²) in [7, 11) is 0. The molecule has 3 rings (SSSR count). The molecule has 0 radical (unpaired) electrons. The number of nitrogens with two attached hydrogens (primary N) is 1. The number of fused-ring (bicyclic) bond motifs is 1. The number of hydrogen-bond donors (Lipinski definition) is 1. The smallest absolute Gasteiger partial charge is 0.161 e. The van der Waals surface area contributed by atoms with Crippen molar-refractivity contribution in [3.63, 3.8) is 0 Å². The lowest BCUT2D eigenvalue weighted by molar-refractivity contribution is 0.297. The Morgan fingerprint density at radius 2 is 1.70 bits per heavy atom. The Morgan fingerprint density at radius 3 is 2.50 bits per heavy atom. The molecule has 2 N–H and O–H groups in total. The summed E-state index contributed by atoms with van der Waals surface area (Å²) in [5.74, 6) is 1.58. The third kappa shape index (κ3) is 2.81. The van der Waals surface area contributed by atoms with Gasteiger partial charge in [0, 0.05) is 10.9 Å². The Kier molecular flexibility index (Phi) is 3.94. The van der Waals surface area contributed by atoms with Gasteiger partial charge >= 0.3 is 0 Å². The molecule has 4 heteroatoms. The quantitative estimate of drug-likeness (QED) is 0.912. The van der Waals surface area contributed by atoms with Crippen molar-refractivity contribution >= 4 is 15.9 Å². The Bertz CT molecular complexity index is 615. The van der Waals surface area contributed by atoms with E-state index in [0.29, 0.717) is 13.2 Å². The molecule has 1 aliphatic heterocycles. The van der Waals surface area contributed by atoms with Gasteiger partial charge in [-0.3, -0.25) is 0 Å². The van der Waals surface area contributed by atoms with Crippen molar-refractivity contribution in [1.29, 1.82) is 0 Å². The zero-order valence-corrected chi connectivity index (χ0v) is 12.6. The van der Waals surface area contributed by atoms with Crippen LogP contribution in [-0.4, -0.2) is 13.2 Å². The van der Waals surface area contributed by atoms with E-state index in [-0.39, 0.29) is 6.04 Å². The van der Waals surface area contributed by atoms with E-state index in [0.717, 1.165) is 33.5 Å². The average Bonchev–Trinajstić information content (AvgIpc) is 2.71. The van der Waals surface area contributed by atoms with Gasteiger partial charge in [-0.05, 0) is 35.4 Å². The van der Waals surface area contributed by atoms with E-state index < -0.39 is 0 Å². The molecule has 0 aromatic heterocycles. The molecule has 1 atom stereocenters. The summed E-state index contributed by atoms with van der Waals surface area (Å²) in [4.78, 5) is 0. The lowest BCUT2D eigenvalue weighted by Crippen LogP contribution is -2.12. The molecular formula is C16H16BrNO2. The first-order valence-corrected chi connectivity index (χ1v) is 7.44. The van der Waals surface area contributed by atoms with E-state index in [4.69, 9.17) is 15.2 Å². The third-order valence-electron chi connectivity index (χ3n) is 3.34. The maximum absolute atomic E-state index is 6.34. The standard InChI is InChI=1S/C16H16BrNO2/c17-13-4-1-3-11(9-13)16(18)12-5-6-14-15(10-12)20-8-2-7-19-14/h1,3-6,9-10,16H,2,7-8,18H2. The summed E-state index contributed by atoms with van der Waals surface area (Å²) < 4.78 is 12.4. The number of ether oxygens (including phenoxy) is 2. The largest absolute Gasteiger partial charge is 0.490 e. The van der Waals surface area contributed by atoms with Gasteiger partial charge < -0.3 is 15.2 Å². The molecule has 2 aromatic carbocycles. The first-order valence-electron chi connectivity index (χ1n) is 6.64. The Morgan fingerprint density at radius 1 is 0.950 bits per heavy atom. The van der Waals surface area contributed by atoms with Crippen molar-refractivity contribution < 1.29 is 9.47 Å². The zero-order chi connectivity index (χ0) is 13.9. The van der Waals surface area contributed by atoms with Crippen molar-refractivity contribution in [2.24, 2.45) is 5.73 Å². The highest BCUT2D eigenvalue weighted by Gasteiger charge is 2.15. The van der Waals surface area contributed by atoms with Crippen LogP contribution in [0.4, 0.5) is 0 Å². The van der Waals surface area contributed by atoms with Crippen LogP contribution in [0.25, 0.3) is 0 Å². The number of halogens is 1. The number of benzene rings is 2. The van der Waals surface area contributed by atoms with Crippen molar-refractivity contribution in [2.75, 3.05) is 13.2 Å². The van der Waals surface area contributed by atoms with E-state index in [2.05, 4.69) is 15.9 Å². The van der Waals surface area contributed by atoms with E-state index in [1.165, 1.54) is 0 Å². The van der Waals surface area contributed by atoms with Gasteiger partial charge in [0.25, 0.3) is 0 Å². The lowest BCUT2D eigenvalue weighted by atomic mass is 9.99. The molecule has 0 saturated heterocycles. The summed E-state index contributed by atoms with van der Waals surface area (Å²) >= 11 is 3.47. The molecule has 20 heavy (non-hydrogen) atoms. The van der Waals surface area contributed by atoms with Crippen LogP contribution in [0.2, 0.25) is 0 Å². The van der Waals surface area contributed by atoms with E-state index in [1.54, 1.807) is 0 Å². The van der Waals surface area contributed by atoms with Crippen molar-refractivity contribution in [1.82, 2.24) is 0 Å². The molecule has 1 heterocycles. The van der Waals surface area contributed by atoms with Crippen LogP contribution in [0.3, 0.4) is 0 Å². The molecule has 2 aromatic rings. The minimum Gasteiger partial charge on any atom is -0.490 e. The van der Waals surface area contributed by atoms with Crippen molar-refractivity contribution in [3.05, 3.63) is 58.1 Å². The van der Waals surface area contributed by atoms with Gasteiger partial charge in [-0.15, -0.1) is 0 Å². The minimum absolute atomic E-state index is 0.176. The normalized spacial score (nSPS) is 15.5. The summed E-state index contributed by atoms with van der Waals surface area (Å²) in [5.41, 5.74) is 8.42. The zero-order valence-electron chi connectivity index (χ0n) is 11.0. The first kappa shape index (κ1) is 13.5. The number of hydrogen-bond acceptors (Lipinski definition) is 3. The summed E-state index contributed by atoms with van der Waals surface area (Å²) in [6.07, 6.45) is 0.904. The van der Waals surface area contributed by atoms with Crippen LogP contribution in [0.1, 0.15) is 23.6 Å². The highest BCUT2D eigenvalue weighted by Crippen LogP contribution is 2.33. The molecular weight excluding hydrogens is 318 g/mol. The van der Waals surface area contributed by atoms with Gasteiger partial charge in [-0.25, -0.2) is 0 Å². The second kappa shape index (κ2) is 5.85. The predicted molar refractivity (Wildman–Crippen MR) is 82.2 cm³/mol. The predicted octanol–water partition coefficient (Wildman–Crippen LogP) is 3.66. The van der Waals surface area contributed by atoms with Crippen LogP contribution >= 0.6 is 15.9 Å². The highest BCUT2D eigenvalue weighted by atomic mass is 79.9. The van der Waals surface area contributed by atoms with Gasteiger partial charge in [-0.2, -0.15) is 0 Å². The van der Waals surface area contributed by atoms with Gasteiger partial charge in [0.05, 0.1) is 19.3 Å². The number of rotatable bonds is 2. The third-order valence-corrected chi connectivity index (χ3v) is 3.83. The highest BCUT2D eigenvalue weighted by molar-refractivity contribution is 9.10. The summed E-state index contributed by atoms with van der Waals surface area (Å²) in [6.45, 7) is 1.38. The molecule has 3 nitrogen and oxygen atoms in total. The molecule has 1 aliphatic rings. The van der Waals surface area contributed by atoms with Crippen molar-refractivity contribution in [3.8, 4) is 11.5 Å². The van der Waals surface area contributed by atoms with Crippen LogP contribution in [0, 0.1) is 0 Å². The Labute approximate surface area is 126 Å². The lowest BCUT2D eigenvalue weighted by Gasteiger charge is -2.15. The monoisotopic (exact) mass is 333 g/mol. The second-order valence-corrected chi connectivity index (χ2v) is 5.71. The van der Waals surface area contributed by atoms with E-state index in [9.17, 15) is 0 Å². The van der Waals surface area contributed by atoms with Gasteiger partial charge in [0.2, 0.25) is 0 Å². The van der Waals surface area contributed by atoms with Crippen LogP contribution in [0.15, 0.2) is 46.9 Å². The molecule has 0 aliphatic carbocycles. The van der Waals surface area contributed by atoms with Gasteiger partial charge in [-0.1, -0.05) is 34.1 Å². The fourth-order valence-corrected chi connectivity index (χ4v) is 2.68. The molecule has 104 valence electrons. The van der Waals surface area contributed by atoms with E-state index >= 15 is 0 Å². The topological polar surface area (TPSA) is 44.5 Å². The molecule has 0 amide bonds. The fourth-order valence-electron chi connectivity index (χ4n) is 2.27. The van der Waals surface area contributed by atoms with Crippen molar-refractivity contribution in [2.45, 2.75) is 12.5 Å². The average molecular weight is 334 g/mol. The first-order chi connectivity index (χ1) is 9.74. The second-order valence-electron chi connectivity index (χ2n) is 4.79. The van der Waals surface area contributed by atoms with Gasteiger partial charge in [0.15, 0.2) is 11.5 Å². The van der Waals surface area contributed by atoms with Gasteiger partial charge in [0.1, 0.15) is 0 Å². The maximum atomic E-state index is 6.34. The Balaban J connectivity index is 1.92. The molecule has 0 saturated carbocycles. The minimum atomic E-state index is -0.176. The summed E-state index contributed by atoms with van der Waals surface area (Å²) in [5, 5.41) is 0. The van der Waals surface area contributed by atoms with Crippen LogP contribution < -0.4 is 15.2 Å². The maximum Gasteiger partial charge on any atom is 0.161 e. The molecule has 0 spiro atoms. The SMILES string of the molecule is NC(c1cccc(Br)c1)c1ccc2c(c1)OCCCO2.